The van der Waals surface area contributed by atoms with Crippen LogP contribution in [0.1, 0.15) is 27.8 Å². The molecular formula is C53H34N4O. The molecule has 0 fully saturated rings. The molecule has 2 heterocycles. The first-order valence-corrected chi connectivity index (χ1v) is 19.2. The molecule has 1 aliphatic rings. The quantitative estimate of drug-likeness (QED) is 0.163. The minimum atomic E-state index is -0.654. The Bertz CT molecular complexity index is 2950. The molecule has 0 spiro atoms. The average molecular weight is 743 g/mol. The Balaban J connectivity index is 1.12. The van der Waals surface area contributed by atoms with E-state index in [2.05, 4.69) is 140 Å². The SMILES string of the molecule is N#Cc1cccc(-c2nc(-c3ccccc3)nc(-c3cccc(-c4cccc(-c5cccc6c5C(c5ccccc5)(c5ccccc5)c5ccccc5O6)c4)c3)n2)c1. The average Bonchev–Trinajstić information content (AvgIpc) is 3.31. The Hall–Kier alpha value is -7.94. The van der Waals surface area contributed by atoms with E-state index in [1.807, 2.05) is 66.7 Å². The lowest BCUT2D eigenvalue weighted by Gasteiger charge is -2.42. The van der Waals surface area contributed by atoms with Crippen molar-refractivity contribution in [3.05, 3.63) is 234 Å². The van der Waals surface area contributed by atoms with Crippen LogP contribution in [0.15, 0.2) is 206 Å². The predicted molar refractivity (Wildman–Crippen MR) is 230 cm³/mol. The topological polar surface area (TPSA) is 71.7 Å². The van der Waals surface area contributed by atoms with Crippen LogP contribution in [-0.4, -0.2) is 15.0 Å². The number of nitrogens with zero attached hydrogens (tertiary/aromatic N) is 4. The highest BCUT2D eigenvalue weighted by Crippen LogP contribution is 2.57. The van der Waals surface area contributed by atoms with E-state index >= 15 is 0 Å². The number of para-hydroxylation sites is 1. The van der Waals surface area contributed by atoms with Crippen LogP contribution >= 0.6 is 0 Å². The van der Waals surface area contributed by atoms with Crippen molar-refractivity contribution in [3.8, 4) is 74.0 Å². The minimum Gasteiger partial charge on any atom is -0.457 e. The van der Waals surface area contributed by atoms with Gasteiger partial charge in [-0.05, 0) is 69.8 Å². The van der Waals surface area contributed by atoms with Gasteiger partial charge in [-0.2, -0.15) is 5.26 Å². The van der Waals surface area contributed by atoms with Crippen LogP contribution in [0.5, 0.6) is 11.5 Å². The molecule has 58 heavy (non-hydrogen) atoms. The molecule has 1 aromatic heterocycles. The van der Waals surface area contributed by atoms with Gasteiger partial charge in [-0.3, -0.25) is 0 Å². The van der Waals surface area contributed by atoms with Gasteiger partial charge in [0.25, 0.3) is 0 Å². The molecule has 5 nitrogen and oxygen atoms in total. The molecular weight excluding hydrogens is 709 g/mol. The third-order valence-electron chi connectivity index (χ3n) is 10.9. The van der Waals surface area contributed by atoms with Gasteiger partial charge in [0, 0.05) is 27.8 Å². The first-order chi connectivity index (χ1) is 28.7. The van der Waals surface area contributed by atoms with Gasteiger partial charge in [0.15, 0.2) is 17.5 Å². The molecule has 0 saturated carbocycles. The molecule has 0 N–H and O–H groups in total. The van der Waals surface area contributed by atoms with Crippen LogP contribution in [0.4, 0.5) is 0 Å². The maximum atomic E-state index is 9.62. The van der Waals surface area contributed by atoms with Crippen molar-refractivity contribution in [2.24, 2.45) is 0 Å². The number of nitriles is 1. The molecule has 0 aliphatic carbocycles. The first kappa shape index (κ1) is 34.5. The van der Waals surface area contributed by atoms with Gasteiger partial charge >= 0.3 is 0 Å². The highest BCUT2D eigenvalue weighted by Gasteiger charge is 2.46. The number of hydrogen-bond acceptors (Lipinski definition) is 5. The van der Waals surface area contributed by atoms with E-state index < -0.39 is 5.41 Å². The van der Waals surface area contributed by atoms with Crippen molar-refractivity contribution in [3.63, 3.8) is 0 Å². The van der Waals surface area contributed by atoms with Crippen molar-refractivity contribution in [1.82, 2.24) is 15.0 Å². The molecule has 0 bridgehead atoms. The third-order valence-corrected chi connectivity index (χ3v) is 10.9. The predicted octanol–water partition coefficient (Wildman–Crippen LogP) is 12.6. The van der Waals surface area contributed by atoms with E-state index in [1.54, 1.807) is 6.07 Å². The molecule has 1 aliphatic heterocycles. The summed E-state index contributed by atoms with van der Waals surface area (Å²) in [6, 6.07) is 72.9. The van der Waals surface area contributed by atoms with Crippen LogP contribution in [0.3, 0.4) is 0 Å². The van der Waals surface area contributed by atoms with E-state index in [4.69, 9.17) is 19.7 Å². The molecule has 0 amide bonds. The summed E-state index contributed by atoms with van der Waals surface area (Å²) in [6.45, 7) is 0. The Morgan fingerprint density at radius 1 is 0.397 bits per heavy atom. The van der Waals surface area contributed by atoms with Crippen molar-refractivity contribution in [1.29, 1.82) is 5.26 Å². The zero-order valence-corrected chi connectivity index (χ0v) is 31.3. The van der Waals surface area contributed by atoms with Gasteiger partial charge in [0.05, 0.1) is 17.0 Å². The molecule has 272 valence electrons. The molecule has 9 aromatic rings. The van der Waals surface area contributed by atoms with Crippen LogP contribution in [0.25, 0.3) is 56.4 Å². The second-order valence-corrected chi connectivity index (χ2v) is 14.3. The Morgan fingerprint density at radius 2 is 0.862 bits per heavy atom. The number of benzene rings is 8. The summed E-state index contributed by atoms with van der Waals surface area (Å²) in [5.74, 6) is 3.30. The van der Waals surface area contributed by atoms with E-state index in [9.17, 15) is 5.26 Å². The minimum absolute atomic E-state index is 0.506. The van der Waals surface area contributed by atoms with Crippen molar-refractivity contribution in [2.45, 2.75) is 5.41 Å². The first-order valence-electron chi connectivity index (χ1n) is 19.2. The summed E-state index contributed by atoms with van der Waals surface area (Å²) in [7, 11) is 0. The zero-order valence-electron chi connectivity index (χ0n) is 31.3. The van der Waals surface area contributed by atoms with E-state index in [0.29, 0.717) is 23.0 Å². The molecule has 10 rings (SSSR count). The monoisotopic (exact) mass is 742 g/mol. The summed E-state index contributed by atoms with van der Waals surface area (Å²) in [4.78, 5) is 14.8. The molecule has 0 saturated heterocycles. The van der Waals surface area contributed by atoms with Crippen molar-refractivity contribution < 1.29 is 4.74 Å². The Kier molecular flexibility index (Phi) is 8.70. The van der Waals surface area contributed by atoms with E-state index in [0.717, 1.165) is 61.6 Å². The van der Waals surface area contributed by atoms with Crippen LogP contribution < -0.4 is 4.74 Å². The fourth-order valence-corrected chi connectivity index (χ4v) is 8.29. The fourth-order valence-electron chi connectivity index (χ4n) is 8.29. The van der Waals surface area contributed by atoms with Crippen LogP contribution in [0.2, 0.25) is 0 Å². The maximum absolute atomic E-state index is 9.62. The Labute approximate surface area is 337 Å². The van der Waals surface area contributed by atoms with Crippen LogP contribution in [0, 0.1) is 11.3 Å². The third kappa shape index (κ3) is 6.01. The smallest absolute Gasteiger partial charge is 0.164 e. The van der Waals surface area contributed by atoms with Gasteiger partial charge in [0.2, 0.25) is 0 Å². The highest BCUT2D eigenvalue weighted by molar-refractivity contribution is 5.83. The molecule has 0 radical (unpaired) electrons. The van der Waals surface area contributed by atoms with Gasteiger partial charge < -0.3 is 4.74 Å². The maximum Gasteiger partial charge on any atom is 0.164 e. The largest absolute Gasteiger partial charge is 0.457 e. The lowest BCUT2D eigenvalue weighted by Crippen LogP contribution is -2.34. The number of rotatable bonds is 7. The summed E-state index contributed by atoms with van der Waals surface area (Å²) in [5.41, 5.74) is 11.2. The lowest BCUT2D eigenvalue weighted by atomic mass is 9.62. The van der Waals surface area contributed by atoms with E-state index in [-0.39, 0.29) is 0 Å². The second-order valence-electron chi connectivity index (χ2n) is 14.3. The standard InChI is InChI=1S/C53H34N4O/c54-35-36-16-12-22-41(32-36)51-55-50(37-17-4-1-5-18-37)56-52(57-51)42-23-14-20-39(34-42)38-19-13-21-40(33-38)45-28-15-31-48-49(45)53(43-24-6-2-7-25-43,44-26-8-3-9-27-44)46-29-10-11-30-47(46)58-48/h1-34H. The Morgan fingerprint density at radius 3 is 1.52 bits per heavy atom. The lowest BCUT2D eigenvalue weighted by molar-refractivity contribution is 0.435. The van der Waals surface area contributed by atoms with Gasteiger partial charge in [-0.25, -0.2) is 15.0 Å². The summed E-state index contributed by atoms with van der Waals surface area (Å²) in [6.07, 6.45) is 0. The molecule has 0 unspecified atom stereocenters. The normalized spacial score (nSPS) is 12.4. The number of hydrogen-bond donors (Lipinski definition) is 0. The molecule has 5 heteroatoms. The second kappa shape index (κ2) is 14.6. The zero-order chi connectivity index (χ0) is 38.9. The van der Waals surface area contributed by atoms with Gasteiger partial charge in [-0.1, -0.05) is 170 Å². The summed E-state index contributed by atoms with van der Waals surface area (Å²) >= 11 is 0. The summed E-state index contributed by atoms with van der Waals surface area (Å²) < 4.78 is 6.78. The van der Waals surface area contributed by atoms with Gasteiger partial charge in [0.1, 0.15) is 11.5 Å². The van der Waals surface area contributed by atoms with Crippen molar-refractivity contribution in [2.75, 3.05) is 0 Å². The van der Waals surface area contributed by atoms with Crippen molar-refractivity contribution >= 4 is 0 Å². The van der Waals surface area contributed by atoms with E-state index in [1.165, 1.54) is 11.1 Å². The molecule has 8 aromatic carbocycles. The summed E-state index contributed by atoms with van der Waals surface area (Å²) in [5, 5.41) is 9.62. The molecule has 0 atom stereocenters. The highest BCUT2D eigenvalue weighted by atomic mass is 16.5. The fraction of sp³-hybridized carbons (Fsp3) is 0.0189. The number of ether oxygens (including phenoxy) is 1. The number of fused-ring (bicyclic) bond motifs is 2. The number of aromatic nitrogens is 3. The van der Waals surface area contributed by atoms with Gasteiger partial charge in [-0.15, -0.1) is 0 Å². The van der Waals surface area contributed by atoms with Crippen LogP contribution in [-0.2, 0) is 5.41 Å².